The topological polar surface area (TPSA) is 18.5 Å². The van der Waals surface area contributed by atoms with Crippen molar-refractivity contribution >= 4 is 23.0 Å². The molecule has 110 valence electrons. The second-order valence-electron chi connectivity index (χ2n) is 5.89. The zero-order chi connectivity index (χ0) is 14.5. The molecule has 20 heavy (non-hydrogen) atoms. The maximum atomic E-state index is 5.46. The van der Waals surface area contributed by atoms with Gasteiger partial charge in [0.15, 0.2) is 5.11 Å². The summed E-state index contributed by atoms with van der Waals surface area (Å²) in [5.41, 5.74) is 2.64. The molecule has 0 spiro atoms. The van der Waals surface area contributed by atoms with Gasteiger partial charge in [-0.2, -0.15) is 0 Å². The van der Waals surface area contributed by atoms with Crippen LogP contribution in [-0.4, -0.2) is 42.7 Å². The van der Waals surface area contributed by atoms with Crippen LogP contribution in [0.3, 0.4) is 0 Å². The first kappa shape index (κ1) is 15.1. The molecule has 2 rings (SSSR count). The Balaban J connectivity index is 1.84. The molecule has 0 radical (unpaired) electrons. The molecule has 0 amide bonds. The van der Waals surface area contributed by atoms with Crippen LogP contribution in [0.1, 0.15) is 19.4 Å². The molecular formula is C16H25N3S. The van der Waals surface area contributed by atoms with Crippen molar-refractivity contribution < 1.29 is 0 Å². The predicted octanol–water partition coefficient (Wildman–Crippen LogP) is 2.65. The van der Waals surface area contributed by atoms with E-state index in [0.717, 1.165) is 37.8 Å². The highest BCUT2D eigenvalue weighted by Crippen LogP contribution is 2.17. The molecule has 1 aromatic rings. The minimum absolute atomic E-state index is 0.626. The fraction of sp³-hybridized carbons (Fsp3) is 0.562. The van der Waals surface area contributed by atoms with Gasteiger partial charge < -0.3 is 15.1 Å². The second kappa shape index (κ2) is 6.93. The van der Waals surface area contributed by atoms with Gasteiger partial charge in [-0.15, -0.1) is 0 Å². The minimum Gasteiger partial charge on any atom is -0.368 e. The Bertz CT molecular complexity index is 451. The monoisotopic (exact) mass is 291 g/mol. The zero-order valence-corrected chi connectivity index (χ0v) is 13.5. The molecule has 1 fully saturated rings. The molecule has 0 aliphatic carbocycles. The molecule has 1 heterocycles. The van der Waals surface area contributed by atoms with E-state index < -0.39 is 0 Å². The third-order valence-electron chi connectivity index (χ3n) is 3.60. The Labute approximate surface area is 128 Å². The lowest BCUT2D eigenvalue weighted by Crippen LogP contribution is -2.52. The van der Waals surface area contributed by atoms with Crippen molar-refractivity contribution in [2.24, 2.45) is 5.92 Å². The Hall–Kier alpha value is -1.29. The molecule has 0 saturated carbocycles. The number of piperazine rings is 1. The van der Waals surface area contributed by atoms with Crippen LogP contribution in [-0.2, 0) is 0 Å². The summed E-state index contributed by atoms with van der Waals surface area (Å²) < 4.78 is 0. The average Bonchev–Trinajstić information content (AvgIpc) is 2.45. The van der Waals surface area contributed by atoms with Crippen LogP contribution in [0.25, 0.3) is 0 Å². The Morgan fingerprint density at radius 3 is 2.55 bits per heavy atom. The van der Waals surface area contributed by atoms with Gasteiger partial charge in [-0.05, 0) is 42.8 Å². The molecule has 0 aromatic heterocycles. The van der Waals surface area contributed by atoms with Crippen molar-refractivity contribution in [3.05, 3.63) is 29.8 Å². The Morgan fingerprint density at radius 2 is 1.95 bits per heavy atom. The molecule has 1 aliphatic rings. The largest absolute Gasteiger partial charge is 0.368 e. The lowest BCUT2D eigenvalue weighted by Gasteiger charge is -2.37. The van der Waals surface area contributed by atoms with E-state index in [4.69, 9.17) is 12.2 Å². The van der Waals surface area contributed by atoms with Crippen LogP contribution >= 0.6 is 12.2 Å². The van der Waals surface area contributed by atoms with E-state index in [1.165, 1.54) is 11.3 Å². The molecule has 0 atom stereocenters. The number of rotatable bonds is 3. The highest BCUT2D eigenvalue weighted by Gasteiger charge is 2.19. The molecule has 1 N–H and O–H groups in total. The van der Waals surface area contributed by atoms with E-state index in [1.807, 2.05) is 0 Å². The third kappa shape index (κ3) is 4.10. The smallest absolute Gasteiger partial charge is 0.169 e. The summed E-state index contributed by atoms with van der Waals surface area (Å²) in [6, 6.07) is 8.72. The second-order valence-corrected chi connectivity index (χ2v) is 6.28. The highest BCUT2D eigenvalue weighted by atomic mass is 32.1. The number of thiocarbonyl (C=S) groups is 1. The zero-order valence-electron chi connectivity index (χ0n) is 12.7. The molecule has 4 heteroatoms. The van der Waals surface area contributed by atoms with Gasteiger partial charge in [-0.25, -0.2) is 0 Å². The summed E-state index contributed by atoms with van der Waals surface area (Å²) in [5.74, 6) is 0.626. The van der Waals surface area contributed by atoms with Gasteiger partial charge in [0.2, 0.25) is 0 Å². The summed E-state index contributed by atoms with van der Waals surface area (Å²) in [7, 11) is 0. The summed E-state index contributed by atoms with van der Waals surface area (Å²) in [5, 5.41) is 4.26. The van der Waals surface area contributed by atoms with Crippen molar-refractivity contribution in [3.63, 3.8) is 0 Å². The lowest BCUT2D eigenvalue weighted by molar-refractivity contribution is 0.378. The fourth-order valence-electron chi connectivity index (χ4n) is 2.40. The van der Waals surface area contributed by atoms with E-state index in [-0.39, 0.29) is 0 Å². The number of aryl methyl sites for hydroxylation is 1. The maximum absolute atomic E-state index is 5.46. The summed E-state index contributed by atoms with van der Waals surface area (Å²) >= 11 is 5.46. The molecule has 1 aromatic carbocycles. The van der Waals surface area contributed by atoms with Gasteiger partial charge in [0.1, 0.15) is 0 Å². The van der Waals surface area contributed by atoms with Crippen LogP contribution in [0.4, 0.5) is 5.69 Å². The first-order chi connectivity index (χ1) is 9.56. The first-order valence-electron chi connectivity index (χ1n) is 7.40. The minimum atomic E-state index is 0.626. The van der Waals surface area contributed by atoms with Crippen molar-refractivity contribution in [3.8, 4) is 0 Å². The van der Waals surface area contributed by atoms with E-state index in [9.17, 15) is 0 Å². The van der Waals surface area contributed by atoms with Crippen LogP contribution in [0, 0.1) is 12.8 Å². The van der Waals surface area contributed by atoms with E-state index in [2.05, 4.69) is 60.2 Å². The number of benzene rings is 1. The number of nitrogens with one attached hydrogen (secondary N) is 1. The quantitative estimate of drug-likeness (QED) is 0.863. The van der Waals surface area contributed by atoms with E-state index in [0.29, 0.717) is 5.92 Å². The third-order valence-corrected chi connectivity index (χ3v) is 4.00. The van der Waals surface area contributed by atoms with Gasteiger partial charge in [0, 0.05) is 38.4 Å². The molecule has 1 saturated heterocycles. The van der Waals surface area contributed by atoms with Gasteiger partial charge in [-0.1, -0.05) is 26.0 Å². The predicted molar refractivity (Wildman–Crippen MR) is 90.4 cm³/mol. The molecule has 0 unspecified atom stereocenters. The van der Waals surface area contributed by atoms with E-state index in [1.54, 1.807) is 0 Å². The van der Waals surface area contributed by atoms with Crippen molar-refractivity contribution in [1.82, 2.24) is 10.2 Å². The van der Waals surface area contributed by atoms with Crippen molar-refractivity contribution in [1.29, 1.82) is 0 Å². The van der Waals surface area contributed by atoms with Crippen LogP contribution in [0.5, 0.6) is 0 Å². The molecule has 0 bridgehead atoms. The van der Waals surface area contributed by atoms with Gasteiger partial charge in [0.25, 0.3) is 0 Å². The fourth-order valence-corrected chi connectivity index (χ4v) is 2.66. The first-order valence-corrected chi connectivity index (χ1v) is 7.81. The van der Waals surface area contributed by atoms with Crippen molar-refractivity contribution in [2.45, 2.75) is 20.8 Å². The van der Waals surface area contributed by atoms with Gasteiger partial charge in [0.05, 0.1) is 0 Å². The maximum Gasteiger partial charge on any atom is 0.169 e. The summed E-state index contributed by atoms with van der Waals surface area (Å²) in [4.78, 5) is 4.72. The number of nitrogens with zero attached hydrogens (tertiary/aromatic N) is 2. The highest BCUT2D eigenvalue weighted by molar-refractivity contribution is 7.80. The summed E-state index contributed by atoms with van der Waals surface area (Å²) in [6.07, 6.45) is 0. The van der Waals surface area contributed by atoms with Gasteiger partial charge in [-0.3, -0.25) is 0 Å². The normalized spacial score (nSPS) is 15.6. The van der Waals surface area contributed by atoms with Crippen LogP contribution in [0.15, 0.2) is 24.3 Å². The van der Waals surface area contributed by atoms with Gasteiger partial charge >= 0.3 is 0 Å². The molecule has 1 aliphatic heterocycles. The standard InChI is InChI=1S/C16H25N3S/c1-13(2)12-17-16(20)19-9-7-18(8-10-19)15-6-4-5-14(3)11-15/h4-6,11,13H,7-10,12H2,1-3H3,(H,17,20). The number of hydrogen-bond donors (Lipinski definition) is 1. The van der Waals surface area contributed by atoms with Crippen LogP contribution < -0.4 is 10.2 Å². The lowest BCUT2D eigenvalue weighted by atomic mass is 10.2. The molecule has 3 nitrogen and oxygen atoms in total. The average molecular weight is 291 g/mol. The number of anilines is 1. The van der Waals surface area contributed by atoms with Crippen LogP contribution in [0.2, 0.25) is 0 Å². The summed E-state index contributed by atoms with van der Waals surface area (Å²) in [6.45, 7) is 11.6. The number of hydrogen-bond acceptors (Lipinski definition) is 2. The molecular weight excluding hydrogens is 266 g/mol. The Kier molecular flexibility index (Phi) is 5.24. The SMILES string of the molecule is Cc1cccc(N2CCN(C(=S)NCC(C)C)CC2)c1. The van der Waals surface area contributed by atoms with E-state index >= 15 is 0 Å². The van der Waals surface area contributed by atoms with Crippen molar-refractivity contribution in [2.75, 3.05) is 37.6 Å². The Morgan fingerprint density at radius 1 is 1.25 bits per heavy atom.